The Hall–Kier alpha value is -11.0. The zero-order valence-electron chi connectivity index (χ0n) is 68.0. The number of aryl methyl sites for hydroxylation is 4. The van der Waals surface area contributed by atoms with E-state index >= 15 is 0 Å². The molecule has 9 aromatic carbocycles. The number of hydrogen-bond acceptors (Lipinski definition) is 17. The van der Waals surface area contributed by atoms with Crippen molar-refractivity contribution in [3.8, 4) is 28.0 Å². The summed E-state index contributed by atoms with van der Waals surface area (Å²) in [5.74, 6) is 0.169. The lowest BCUT2D eigenvalue weighted by atomic mass is 9.93. The molecule has 6 heterocycles. The second-order valence-electron chi connectivity index (χ2n) is 30.3. The lowest BCUT2D eigenvalue weighted by Gasteiger charge is -2.39. The number of para-hydroxylation sites is 2. The molecule has 2 atom stereocenters. The summed E-state index contributed by atoms with van der Waals surface area (Å²) in [7, 11) is -4.34. The molecule has 0 saturated carbocycles. The summed E-state index contributed by atoms with van der Waals surface area (Å²) in [6.45, 7) is 16.9. The Morgan fingerprint density at radius 1 is 0.647 bits per heavy atom. The first-order valence-electron chi connectivity index (χ1n) is 41.4. The fourth-order valence-electron chi connectivity index (χ4n) is 16.3. The number of thioether (sulfide) groups is 1. The van der Waals surface area contributed by atoms with Gasteiger partial charge in [0.1, 0.15) is 35.6 Å². The molecule has 4 aliphatic heterocycles. The number of fused-ring (bicyclic) bond motifs is 6. The van der Waals surface area contributed by atoms with Crippen LogP contribution in [0.25, 0.3) is 55.7 Å². The standard InChI is InChI=1S/C50H52N4O6S3.C46H50ClN5O4/c1-3-36(29-49-53(25-12-26-63(57,58)59)44-30-39(20-22-47(44)62-49)37-13-5-4-6-14-37)28-48-52(43-27-35(2)19-21-46(43)61-48)24-10-9-23-51-34-60-42-18-11-17-41(32-42)54-33-40-16-8-7-15-38(40)31-45(54)50(55)56;1-4-32(29-45-50(6-3)39-16-10-11-17-42(39)56-45)28-44-49(5-2)38-21-18-34(33-14-8-7-9-15-33)31-41(38)52(44)26-13-12-25-48-43(53)24-27-51-37-23-20-36(47)30-35(37)19-22-40(51)46(54)55/h4-8,11,13-22,27-30,32,45,51H,3,9-10,12,23-26,31,33-34H2,1-2H3,(H-,55,56,57,58,59);7-11,14-18,20-21,23,28-31,40H,4-6,12-13,19,22,24-27H2,1-3H3,(H-,48,53,54,55). The smallest absolute Gasteiger partial charge is 0.374 e. The maximum atomic E-state index is 13.1. The molecule has 0 aliphatic carbocycles. The Balaban J connectivity index is 0.000000197. The second-order valence-corrected chi connectivity index (χ2v) is 34.4. The van der Waals surface area contributed by atoms with Gasteiger partial charge in [0, 0.05) is 110 Å². The molecule has 119 heavy (non-hydrogen) atoms. The van der Waals surface area contributed by atoms with Crippen LogP contribution in [0.3, 0.4) is 0 Å². The zero-order valence-corrected chi connectivity index (χ0v) is 71.2. The first-order chi connectivity index (χ1) is 57.8. The lowest BCUT2D eigenvalue weighted by Crippen LogP contribution is -2.51. The molecule has 2 aromatic heterocycles. The van der Waals surface area contributed by atoms with Crippen LogP contribution >= 0.6 is 34.7 Å². The Morgan fingerprint density at radius 2 is 1.35 bits per heavy atom. The van der Waals surface area contributed by atoms with Gasteiger partial charge in [-0.3, -0.25) is 10.1 Å². The van der Waals surface area contributed by atoms with Gasteiger partial charge in [0.05, 0.1) is 50.3 Å². The summed E-state index contributed by atoms with van der Waals surface area (Å²) in [6, 6.07) is 68.4. The average Bonchev–Trinajstić information content (AvgIpc) is 1.65. The highest BCUT2D eigenvalue weighted by Gasteiger charge is 2.35. The number of oxazole rings is 1. The van der Waals surface area contributed by atoms with Crippen LogP contribution in [0.15, 0.2) is 250 Å². The normalized spacial score (nSPS) is 15.9. The van der Waals surface area contributed by atoms with Crippen LogP contribution in [-0.2, 0) is 57.0 Å². The molecule has 0 spiro atoms. The van der Waals surface area contributed by atoms with Gasteiger partial charge in [0.2, 0.25) is 17.0 Å². The van der Waals surface area contributed by atoms with Gasteiger partial charge in [-0.2, -0.15) is 9.13 Å². The number of carbonyl (C=O) groups excluding carboxylic acids is 2. The molecule has 616 valence electrons. The van der Waals surface area contributed by atoms with Crippen LogP contribution in [0.5, 0.6) is 5.75 Å². The van der Waals surface area contributed by atoms with Gasteiger partial charge in [-0.05, 0) is 213 Å². The molecule has 4 aliphatic rings. The summed E-state index contributed by atoms with van der Waals surface area (Å²) >= 11 is 9.67. The topological polar surface area (TPSA) is 222 Å². The molecule has 0 radical (unpaired) electrons. The van der Waals surface area contributed by atoms with Gasteiger partial charge >= 0.3 is 11.9 Å². The number of carboxylic acids is 2. The number of anilines is 5. The number of allylic oxidation sites excluding steroid dienone is 4. The quantitative estimate of drug-likeness (QED) is 0.0151. The third-order valence-corrected chi connectivity index (χ3v) is 25.7. The summed E-state index contributed by atoms with van der Waals surface area (Å²) in [5, 5.41) is 31.3. The van der Waals surface area contributed by atoms with E-state index in [1.165, 1.54) is 32.4 Å². The number of nitrogens with one attached hydrogen (secondary N) is 2. The largest absolute Gasteiger partial charge is 0.748 e. The number of ether oxygens (including phenoxy) is 1. The van der Waals surface area contributed by atoms with Crippen LogP contribution in [0.2, 0.25) is 5.02 Å². The van der Waals surface area contributed by atoms with Gasteiger partial charge in [-0.1, -0.05) is 170 Å². The number of carboxylic acid groups (broad SMARTS) is 2. The van der Waals surface area contributed by atoms with Crippen LogP contribution in [0, 0.1) is 6.92 Å². The van der Waals surface area contributed by atoms with Crippen molar-refractivity contribution in [3.63, 3.8) is 0 Å². The van der Waals surface area contributed by atoms with Crippen molar-refractivity contribution in [2.45, 2.75) is 142 Å². The summed E-state index contributed by atoms with van der Waals surface area (Å²) in [6.07, 6.45) is 16.0. The van der Waals surface area contributed by atoms with Crippen LogP contribution in [0.1, 0.15) is 119 Å². The molecule has 0 fully saturated rings. The molecule has 1 amide bonds. The lowest BCUT2D eigenvalue weighted by molar-refractivity contribution is -0.674. The molecule has 11 aromatic rings. The molecule has 19 nitrogen and oxygen atoms in total. The van der Waals surface area contributed by atoms with Crippen molar-refractivity contribution in [1.82, 2.24) is 10.6 Å². The number of aliphatic carboxylic acids is 2. The molecular formula is C96H102ClN9O10S3. The van der Waals surface area contributed by atoms with Crippen LogP contribution < -0.4 is 54.1 Å². The van der Waals surface area contributed by atoms with E-state index in [0.29, 0.717) is 56.4 Å². The van der Waals surface area contributed by atoms with Crippen molar-refractivity contribution in [2.24, 2.45) is 0 Å². The van der Waals surface area contributed by atoms with E-state index in [9.17, 15) is 37.6 Å². The molecule has 2 unspecified atom stereocenters. The fourth-order valence-corrected chi connectivity index (χ4v) is 19.3. The van der Waals surface area contributed by atoms with Crippen molar-refractivity contribution >= 4 is 125 Å². The number of unbranched alkanes of at least 4 members (excludes halogenated alkanes) is 2. The molecule has 23 heteroatoms. The van der Waals surface area contributed by atoms with E-state index in [2.05, 4.69) is 197 Å². The third kappa shape index (κ3) is 20.5. The van der Waals surface area contributed by atoms with Crippen molar-refractivity contribution in [3.05, 3.63) is 279 Å². The predicted octanol–water partition coefficient (Wildman–Crippen LogP) is 17.7. The monoisotopic (exact) mass is 1670 g/mol. The molecule has 0 saturated heterocycles. The highest BCUT2D eigenvalue weighted by molar-refractivity contribution is 8.03. The van der Waals surface area contributed by atoms with Crippen LogP contribution in [-0.4, -0.2) is 99.8 Å². The Bertz CT molecular complexity index is 5730. The Kier molecular flexibility index (Phi) is 27.9. The highest BCUT2D eigenvalue weighted by Crippen LogP contribution is 2.48. The van der Waals surface area contributed by atoms with Gasteiger partial charge in [-0.25, -0.2) is 13.2 Å². The van der Waals surface area contributed by atoms with E-state index in [0.717, 1.165) is 171 Å². The minimum absolute atomic E-state index is 0.104. The number of halogens is 1. The molecule has 15 rings (SSSR count). The second kappa shape index (κ2) is 39.3. The summed E-state index contributed by atoms with van der Waals surface area (Å²) < 4.78 is 52.7. The van der Waals surface area contributed by atoms with Gasteiger partial charge in [0.15, 0.2) is 6.54 Å². The Labute approximate surface area is 711 Å². The van der Waals surface area contributed by atoms with E-state index in [-0.39, 0.29) is 25.3 Å². The summed E-state index contributed by atoms with van der Waals surface area (Å²) in [5.41, 5.74) is 19.4. The number of amides is 1. The number of thiazole rings is 1. The first-order valence-corrected chi connectivity index (χ1v) is 45.0. The summed E-state index contributed by atoms with van der Waals surface area (Å²) in [4.78, 5) is 49.5. The number of nitrogens with zero attached hydrogens (tertiary/aromatic N) is 7. The number of hydrogen-bond donors (Lipinski definition) is 3. The van der Waals surface area contributed by atoms with E-state index in [1.807, 2.05) is 102 Å². The van der Waals surface area contributed by atoms with Gasteiger partial charge in [0.25, 0.3) is 10.5 Å². The predicted molar refractivity (Wildman–Crippen MR) is 478 cm³/mol. The Morgan fingerprint density at radius 3 is 2.09 bits per heavy atom. The van der Waals surface area contributed by atoms with Gasteiger partial charge in [-0.15, -0.1) is 0 Å². The zero-order chi connectivity index (χ0) is 83.1. The molecule has 0 bridgehead atoms. The van der Waals surface area contributed by atoms with Crippen molar-refractivity contribution < 1.29 is 55.9 Å². The number of aromatic nitrogens is 2. The maximum absolute atomic E-state index is 13.1. The minimum atomic E-state index is -4.34. The molecular weight excluding hydrogens is 1570 g/mol. The average molecular weight is 1670 g/mol. The maximum Gasteiger partial charge on any atom is 0.374 e. The van der Waals surface area contributed by atoms with E-state index in [4.69, 9.17) is 20.8 Å². The number of benzene rings is 9. The van der Waals surface area contributed by atoms with Crippen molar-refractivity contribution in [2.75, 3.05) is 76.3 Å². The number of carbonyl (C=O) groups is 3. The minimum Gasteiger partial charge on any atom is -0.748 e. The third-order valence-electron chi connectivity index (χ3n) is 22.4. The number of rotatable bonds is 33. The van der Waals surface area contributed by atoms with Gasteiger partial charge < -0.3 is 58.5 Å². The van der Waals surface area contributed by atoms with Crippen LogP contribution in [0.4, 0.5) is 28.4 Å². The molecule has 3 N–H and O–H groups in total. The fraction of sp³-hybridized carbons (Fsp3) is 0.302. The van der Waals surface area contributed by atoms with Crippen molar-refractivity contribution in [1.29, 1.82) is 0 Å². The van der Waals surface area contributed by atoms with E-state index in [1.54, 1.807) is 34.1 Å². The SMILES string of the molecule is CCC(=Cc1oc2ccccc2[n+]1CC)C=C1N(CC)c2ccc(-c3ccccc3)cc2N1CCCCNC(=O)CCN1c2ccc(Cl)cc2CCC1C(=O)[O-].CCC(=Cc1sc2ccc(-c3ccccc3)cc2[n+]1CCCS(=O)(=O)[O-])C=C1Sc2ccc(C)cc2N1CCCCNCOc1cccc(N2Cc3ccccc3CC2C(=O)O)c1. The highest BCUT2D eigenvalue weighted by atomic mass is 35.5. The first kappa shape index (κ1) is 84.5. The van der Waals surface area contributed by atoms with E-state index < -0.39 is 39.9 Å².